The topological polar surface area (TPSA) is 71.1 Å². The summed E-state index contributed by atoms with van der Waals surface area (Å²) in [7, 11) is 1.48. The molecule has 2 atom stereocenters. The lowest BCUT2D eigenvalue weighted by molar-refractivity contribution is -0.156. The molecular weight excluding hydrogens is 336 g/mol. The van der Waals surface area contributed by atoms with E-state index >= 15 is 0 Å². The number of hydrogen-bond acceptors (Lipinski definition) is 6. The van der Waals surface area contributed by atoms with E-state index in [0.29, 0.717) is 18.8 Å². The van der Waals surface area contributed by atoms with E-state index in [0.717, 1.165) is 5.56 Å². The number of benzene rings is 1. The summed E-state index contributed by atoms with van der Waals surface area (Å²) < 4.78 is 21.2. The fourth-order valence-corrected chi connectivity index (χ4v) is 2.31. The summed E-state index contributed by atoms with van der Waals surface area (Å²) in [6.07, 6.45) is -0.341. The zero-order chi connectivity index (χ0) is 19.7. The first-order valence-electron chi connectivity index (χ1n) is 8.81. The van der Waals surface area contributed by atoms with Gasteiger partial charge >= 0.3 is 11.9 Å². The predicted molar refractivity (Wildman–Crippen MR) is 98.1 cm³/mol. The maximum absolute atomic E-state index is 11.8. The summed E-state index contributed by atoms with van der Waals surface area (Å²) in [4.78, 5) is 23.6. The molecular formula is C20H30O6. The summed E-state index contributed by atoms with van der Waals surface area (Å²) >= 11 is 0. The average molecular weight is 366 g/mol. The molecule has 1 rings (SSSR count). The van der Waals surface area contributed by atoms with Crippen molar-refractivity contribution in [1.82, 2.24) is 0 Å². The highest BCUT2D eigenvalue weighted by molar-refractivity contribution is 5.75. The van der Waals surface area contributed by atoms with Crippen LogP contribution >= 0.6 is 0 Å². The third-order valence-corrected chi connectivity index (χ3v) is 3.39. The molecule has 1 unspecified atom stereocenters. The van der Waals surface area contributed by atoms with Crippen molar-refractivity contribution < 1.29 is 28.5 Å². The maximum atomic E-state index is 11.8. The van der Waals surface area contributed by atoms with Crippen molar-refractivity contribution in [3.63, 3.8) is 0 Å². The first-order valence-corrected chi connectivity index (χ1v) is 8.81. The van der Waals surface area contributed by atoms with Crippen LogP contribution in [0.5, 0.6) is 5.75 Å². The molecule has 0 N–H and O–H groups in total. The highest BCUT2D eigenvalue weighted by Crippen LogP contribution is 2.18. The van der Waals surface area contributed by atoms with Crippen LogP contribution in [-0.4, -0.2) is 43.5 Å². The van der Waals surface area contributed by atoms with E-state index in [1.165, 1.54) is 7.11 Å². The smallest absolute Gasteiger partial charge is 0.335 e. The highest BCUT2D eigenvalue weighted by atomic mass is 16.6. The van der Waals surface area contributed by atoms with Crippen LogP contribution in [0.25, 0.3) is 0 Å². The van der Waals surface area contributed by atoms with E-state index in [9.17, 15) is 9.59 Å². The van der Waals surface area contributed by atoms with Crippen LogP contribution in [-0.2, 0) is 30.2 Å². The monoisotopic (exact) mass is 366 g/mol. The quantitative estimate of drug-likeness (QED) is 0.625. The van der Waals surface area contributed by atoms with Gasteiger partial charge < -0.3 is 18.9 Å². The molecule has 0 radical (unpaired) electrons. The van der Waals surface area contributed by atoms with Gasteiger partial charge in [0.25, 0.3) is 0 Å². The third-order valence-electron chi connectivity index (χ3n) is 3.39. The number of methoxy groups -OCH3 is 1. The van der Waals surface area contributed by atoms with E-state index < -0.39 is 11.7 Å². The minimum absolute atomic E-state index is 0.174. The molecule has 0 saturated carbocycles. The number of carbonyl (C=O) groups excluding carboxylic acids is 2. The standard InChI is InChI=1S/C20H30O6/c1-7-24-19(22)17(23-6)13-15-8-10-16(11-9-15)25-14(2)12-18(21)26-20(3,4)5/h8-11,14,17H,7,12-13H2,1-6H3/t14?,17-/m0/s1. The Bertz CT molecular complexity index is 573. The van der Waals surface area contributed by atoms with Crippen LogP contribution in [0.1, 0.15) is 46.6 Å². The van der Waals surface area contributed by atoms with Gasteiger partial charge in [0.15, 0.2) is 6.10 Å². The normalized spacial score (nSPS) is 13.6. The van der Waals surface area contributed by atoms with Crippen LogP contribution in [0.2, 0.25) is 0 Å². The molecule has 0 aliphatic carbocycles. The Labute approximate surface area is 155 Å². The molecule has 0 amide bonds. The molecule has 0 bridgehead atoms. The van der Waals surface area contributed by atoms with Crippen molar-refractivity contribution >= 4 is 11.9 Å². The van der Waals surface area contributed by atoms with Crippen LogP contribution in [0.4, 0.5) is 0 Å². The largest absolute Gasteiger partial charge is 0.490 e. The van der Waals surface area contributed by atoms with E-state index in [2.05, 4.69) is 0 Å². The zero-order valence-electron chi connectivity index (χ0n) is 16.5. The van der Waals surface area contributed by atoms with E-state index in [4.69, 9.17) is 18.9 Å². The van der Waals surface area contributed by atoms with Gasteiger partial charge in [0.2, 0.25) is 0 Å². The van der Waals surface area contributed by atoms with Crippen molar-refractivity contribution in [1.29, 1.82) is 0 Å². The SMILES string of the molecule is CCOC(=O)[C@H](Cc1ccc(OC(C)CC(=O)OC(C)(C)C)cc1)OC. The molecule has 0 aromatic heterocycles. The van der Waals surface area contributed by atoms with Crippen molar-refractivity contribution in [3.05, 3.63) is 29.8 Å². The summed E-state index contributed by atoms with van der Waals surface area (Å²) in [5.74, 6) is -0.0183. The molecule has 0 saturated heterocycles. The van der Waals surface area contributed by atoms with Crippen LogP contribution < -0.4 is 4.74 Å². The number of carbonyl (C=O) groups is 2. The summed E-state index contributed by atoms with van der Waals surface area (Å²) in [5, 5.41) is 0. The van der Waals surface area contributed by atoms with Gasteiger partial charge in [-0.1, -0.05) is 12.1 Å². The van der Waals surface area contributed by atoms with Crippen molar-refractivity contribution in [2.75, 3.05) is 13.7 Å². The summed E-state index contributed by atoms with van der Waals surface area (Å²) in [6.45, 7) is 9.39. The first-order chi connectivity index (χ1) is 12.1. The molecule has 6 nitrogen and oxygen atoms in total. The molecule has 1 aromatic rings. The lowest BCUT2D eigenvalue weighted by Gasteiger charge is -2.21. The number of esters is 2. The van der Waals surface area contributed by atoms with Gasteiger partial charge in [-0.15, -0.1) is 0 Å². The van der Waals surface area contributed by atoms with Crippen molar-refractivity contribution in [3.8, 4) is 5.75 Å². The Hall–Kier alpha value is -2.08. The van der Waals surface area contributed by atoms with Gasteiger partial charge in [-0.2, -0.15) is 0 Å². The predicted octanol–water partition coefficient (Wildman–Crippen LogP) is 3.31. The van der Waals surface area contributed by atoms with Gasteiger partial charge in [-0.3, -0.25) is 4.79 Å². The fourth-order valence-electron chi connectivity index (χ4n) is 2.31. The van der Waals surface area contributed by atoms with Crippen LogP contribution in [0, 0.1) is 0 Å². The Kier molecular flexibility index (Phi) is 8.58. The molecule has 0 aliphatic heterocycles. The molecule has 0 spiro atoms. The summed E-state index contributed by atoms with van der Waals surface area (Å²) in [6, 6.07) is 7.33. The Morgan fingerprint density at radius 1 is 1.12 bits per heavy atom. The first kappa shape index (κ1) is 22.0. The third kappa shape index (κ3) is 8.34. The van der Waals surface area contributed by atoms with Gasteiger partial charge in [-0.05, 0) is 52.3 Å². The van der Waals surface area contributed by atoms with Crippen LogP contribution in [0.15, 0.2) is 24.3 Å². The average Bonchev–Trinajstić information content (AvgIpc) is 2.52. The zero-order valence-corrected chi connectivity index (χ0v) is 16.5. The maximum Gasteiger partial charge on any atom is 0.335 e. The summed E-state index contributed by atoms with van der Waals surface area (Å²) in [5.41, 5.74) is 0.423. The Balaban J connectivity index is 2.56. The molecule has 0 heterocycles. The van der Waals surface area contributed by atoms with Crippen molar-refractivity contribution in [2.45, 2.75) is 65.3 Å². The minimum Gasteiger partial charge on any atom is -0.490 e. The van der Waals surface area contributed by atoms with E-state index in [-0.39, 0.29) is 24.5 Å². The number of rotatable bonds is 9. The number of ether oxygens (including phenoxy) is 4. The second kappa shape index (κ2) is 10.2. The van der Waals surface area contributed by atoms with Crippen LogP contribution in [0.3, 0.4) is 0 Å². The molecule has 26 heavy (non-hydrogen) atoms. The van der Waals surface area contributed by atoms with E-state index in [1.54, 1.807) is 19.1 Å². The molecule has 6 heteroatoms. The molecule has 146 valence electrons. The Morgan fingerprint density at radius 3 is 2.23 bits per heavy atom. The molecule has 0 fully saturated rings. The molecule has 1 aromatic carbocycles. The molecule has 0 aliphatic rings. The second-order valence-electron chi connectivity index (χ2n) is 7.04. The van der Waals surface area contributed by atoms with Gasteiger partial charge in [0, 0.05) is 13.5 Å². The highest BCUT2D eigenvalue weighted by Gasteiger charge is 2.20. The van der Waals surface area contributed by atoms with E-state index in [1.807, 2.05) is 39.8 Å². The fraction of sp³-hybridized carbons (Fsp3) is 0.600. The number of hydrogen-bond donors (Lipinski definition) is 0. The lowest BCUT2D eigenvalue weighted by Crippen LogP contribution is -2.27. The lowest BCUT2D eigenvalue weighted by atomic mass is 10.1. The Morgan fingerprint density at radius 2 is 1.73 bits per heavy atom. The van der Waals surface area contributed by atoms with Crippen molar-refractivity contribution in [2.24, 2.45) is 0 Å². The minimum atomic E-state index is -0.632. The second-order valence-corrected chi connectivity index (χ2v) is 7.04. The van der Waals surface area contributed by atoms with Gasteiger partial charge in [0.1, 0.15) is 17.5 Å². The van der Waals surface area contributed by atoms with Gasteiger partial charge in [0.05, 0.1) is 13.0 Å². The van der Waals surface area contributed by atoms with Gasteiger partial charge in [-0.25, -0.2) is 4.79 Å².